The maximum atomic E-state index is 14.0. The minimum absolute atomic E-state index is 0.00733. The number of phenols is 2. The van der Waals surface area contributed by atoms with Gasteiger partial charge in [-0.15, -0.1) is 19.3 Å². The topological polar surface area (TPSA) is 141 Å². The fourth-order valence-electron chi connectivity index (χ4n) is 2.32. The first-order chi connectivity index (χ1) is 11.8. The fourth-order valence-corrected chi connectivity index (χ4v) is 2.32. The van der Waals surface area contributed by atoms with Crippen LogP contribution in [0.3, 0.4) is 0 Å². The van der Waals surface area contributed by atoms with Crippen molar-refractivity contribution in [3.63, 3.8) is 0 Å². The van der Waals surface area contributed by atoms with E-state index in [0.717, 1.165) is 18.3 Å². The number of pyridine rings is 1. The van der Waals surface area contributed by atoms with E-state index in [-0.39, 0.29) is 27.5 Å². The van der Waals surface area contributed by atoms with Gasteiger partial charge in [-0.2, -0.15) is 0 Å². The Morgan fingerprint density at radius 1 is 1.28 bits per heavy atom. The number of rotatable bonds is 3. The molecule has 0 aliphatic rings. The predicted molar refractivity (Wildman–Crippen MR) is 80.8 cm³/mol. The summed E-state index contributed by atoms with van der Waals surface area (Å²) >= 11 is 0. The molecule has 0 unspecified atom stereocenters. The lowest BCUT2D eigenvalue weighted by molar-refractivity contribution is -0.636. The number of nitro benzene ring substituents is 1. The summed E-state index contributed by atoms with van der Waals surface area (Å²) < 4.78 is 15.3. The lowest BCUT2D eigenvalue weighted by atomic mass is 10.1. The molecule has 0 atom stereocenters. The zero-order valence-corrected chi connectivity index (χ0v) is 12.6. The second kappa shape index (κ2) is 5.70. The number of phenolic OH excluding ortho intramolecular Hbond substituents is 2. The van der Waals surface area contributed by atoms with Crippen LogP contribution in [0.5, 0.6) is 11.5 Å². The van der Waals surface area contributed by atoms with E-state index < -0.39 is 28.1 Å². The maximum Gasteiger partial charge on any atom is 0.382 e. The molecule has 3 rings (SSSR count). The molecular formula is C14H10FN5O5. The number of hydrogen-bond donors (Lipinski definition) is 2. The van der Waals surface area contributed by atoms with E-state index in [4.69, 9.17) is 0 Å². The van der Waals surface area contributed by atoms with Crippen molar-refractivity contribution in [2.24, 2.45) is 7.05 Å². The van der Waals surface area contributed by atoms with Crippen LogP contribution in [0.1, 0.15) is 0 Å². The van der Waals surface area contributed by atoms with Gasteiger partial charge in [-0.05, 0) is 12.1 Å². The Morgan fingerprint density at radius 3 is 2.64 bits per heavy atom. The largest absolute Gasteiger partial charge is 0.617 e. The molecule has 0 saturated carbocycles. The molecule has 0 amide bonds. The van der Waals surface area contributed by atoms with E-state index in [9.17, 15) is 29.9 Å². The molecule has 0 radical (unpaired) electrons. The van der Waals surface area contributed by atoms with Gasteiger partial charge in [-0.25, -0.2) is 0 Å². The van der Waals surface area contributed by atoms with Crippen molar-refractivity contribution in [3.05, 3.63) is 51.7 Å². The molecule has 2 N–H and O–H groups in total. The van der Waals surface area contributed by atoms with E-state index in [1.807, 2.05) is 0 Å². The number of nitro groups is 1. The number of halogens is 1. The SMILES string of the molecule is Cn1c(-c2cc(O)c(O)c([N+](=O)[O-])c2)nnc1-c1ccc[n+]([O-])c1F. The molecule has 2 heterocycles. The van der Waals surface area contributed by atoms with Crippen molar-refractivity contribution >= 4 is 5.69 Å². The first-order valence-corrected chi connectivity index (χ1v) is 6.79. The minimum Gasteiger partial charge on any atom is -0.617 e. The molecule has 2 aromatic heterocycles. The lowest BCUT2D eigenvalue weighted by Gasteiger charge is -2.06. The number of hydrogen-bond acceptors (Lipinski definition) is 7. The highest BCUT2D eigenvalue weighted by atomic mass is 19.1. The molecule has 1 aromatic carbocycles. The molecular weight excluding hydrogens is 337 g/mol. The van der Waals surface area contributed by atoms with Crippen LogP contribution < -0.4 is 4.73 Å². The molecule has 0 aliphatic heterocycles. The van der Waals surface area contributed by atoms with Crippen LogP contribution in [0.2, 0.25) is 0 Å². The highest BCUT2D eigenvalue weighted by molar-refractivity contribution is 5.70. The van der Waals surface area contributed by atoms with Crippen molar-refractivity contribution < 1.29 is 24.3 Å². The second-order valence-corrected chi connectivity index (χ2v) is 5.06. The van der Waals surface area contributed by atoms with E-state index in [1.54, 1.807) is 0 Å². The van der Waals surface area contributed by atoms with Crippen LogP contribution in [0.15, 0.2) is 30.5 Å². The Morgan fingerprint density at radius 2 is 1.96 bits per heavy atom. The van der Waals surface area contributed by atoms with Crippen molar-refractivity contribution in [3.8, 4) is 34.3 Å². The normalized spacial score (nSPS) is 10.8. The average Bonchev–Trinajstić information content (AvgIpc) is 2.94. The Bertz CT molecular complexity index is 1000. The second-order valence-electron chi connectivity index (χ2n) is 5.06. The van der Waals surface area contributed by atoms with Crippen LogP contribution in [0, 0.1) is 21.3 Å². The summed E-state index contributed by atoms with van der Waals surface area (Å²) in [6.45, 7) is 0. The number of benzene rings is 1. The fraction of sp³-hybridized carbons (Fsp3) is 0.0714. The molecule has 128 valence electrons. The monoisotopic (exact) mass is 347 g/mol. The quantitative estimate of drug-likeness (QED) is 0.181. The van der Waals surface area contributed by atoms with Gasteiger partial charge in [0.25, 0.3) is 0 Å². The van der Waals surface area contributed by atoms with Crippen LogP contribution in [0.25, 0.3) is 22.8 Å². The molecule has 25 heavy (non-hydrogen) atoms. The number of aromatic hydroxyl groups is 2. The third-order valence-electron chi connectivity index (χ3n) is 3.54. The first-order valence-electron chi connectivity index (χ1n) is 6.79. The van der Waals surface area contributed by atoms with Crippen molar-refractivity contribution in [1.29, 1.82) is 0 Å². The van der Waals surface area contributed by atoms with E-state index in [2.05, 4.69) is 10.2 Å². The van der Waals surface area contributed by atoms with Gasteiger partial charge in [0.05, 0.1) is 4.92 Å². The number of aromatic nitrogens is 4. The van der Waals surface area contributed by atoms with Crippen LogP contribution in [-0.2, 0) is 7.05 Å². The van der Waals surface area contributed by atoms with Gasteiger partial charge in [-0.3, -0.25) is 10.1 Å². The van der Waals surface area contributed by atoms with E-state index >= 15 is 0 Å². The molecule has 0 aliphatic carbocycles. The predicted octanol–water partition coefficient (Wildman–Crippen LogP) is 1.24. The summed E-state index contributed by atoms with van der Waals surface area (Å²) in [5, 5.41) is 49.1. The standard InChI is InChI=1S/C14H10FN5O5/c1-18-13(7-5-9(20(24)25)11(22)10(21)6-7)16-17-14(18)8-3-2-4-19(23)12(8)15/h2-6,21-22H,1H3. The zero-order valence-electron chi connectivity index (χ0n) is 12.6. The summed E-state index contributed by atoms with van der Waals surface area (Å²) in [7, 11) is 1.46. The molecule has 10 nitrogen and oxygen atoms in total. The number of nitrogens with zero attached hydrogens (tertiary/aromatic N) is 5. The highest BCUT2D eigenvalue weighted by Gasteiger charge is 2.24. The lowest BCUT2D eigenvalue weighted by Crippen LogP contribution is -2.31. The maximum absolute atomic E-state index is 14.0. The van der Waals surface area contributed by atoms with Gasteiger partial charge < -0.3 is 20.0 Å². The van der Waals surface area contributed by atoms with E-state index in [0.29, 0.717) is 0 Å². The van der Waals surface area contributed by atoms with Crippen LogP contribution in [-0.4, -0.2) is 29.9 Å². The van der Waals surface area contributed by atoms with Crippen molar-refractivity contribution in [2.45, 2.75) is 0 Å². The smallest absolute Gasteiger partial charge is 0.382 e. The van der Waals surface area contributed by atoms with E-state index in [1.165, 1.54) is 23.7 Å². The molecule has 3 aromatic rings. The molecule has 0 spiro atoms. The van der Waals surface area contributed by atoms with Gasteiger partial charge in [0.15, 0.2) is 23.6 Å². The summed E-state index contributed by atoms with van der Waals surface area (Å²) in [6.07, 6.45) is 0.984. The van der Waals surface area contributed by atoms with Crippen LogP contribution in [0.4, 0.5) is 10.1 Å². The summed E-state index contributed by atoms with van der Waals surface area (Å²) in [5.41, 5.74) is -0.756. The third kappa shape index (κ3) is 2.56. The van der Waals surface area contributed by atoms with Crippen LogP contribution >= 0.6 is 0 Å². The average molecular weight is 347 g/mol. The highest BCUT2D eigenvalue weighted by Crippen LogP contribution is 2.39. The van der Waals surface area contributed by atoms with Gasteiger partial charge in [-0.1, -0.05) is 0 Å². The molecule has 11 heteroatoms. The summed E-state index contributed by atoms with van der Waals surface area (Å²) in [6, 6.07) is 4.72. The van der Waals surface area contributed by atoms with Crippen molar-refractivity contribution in [1.82, 2.24) is 14.8 Å². The zero-order chi connectivity index (χ0) is 18.3. The third-order valence-corrected chi connectivity index (χ3v) is 3.54. The molecule has 0 saturated heterocycles. The van der Waals surface area contributed by atoms with Gasteiger partial charge in [0.1, 0.15) is 5.56 Å². The van der Waals surface area contributed by atoms with Gasteiger partial charge in [0, 0.05) is 24.7 Å². The Labute approximate surface area is 138 Å². The van der Waals surface area contributed by atoms with Crippen molar-refractivity contribution in [2.75, 3.05) is 0 Å². The van der Waals surface area contributed by atoms with Gasteiger partial charge >= 0.3 is 11.6 Å². The summed E-state index contributed by atoms with van der Waals surface area (Å²) in [4.78, 5) is 10.1. The Balaban J connectivity index is 2.17. The summed E-state index contributed by atoms with van der Waals surface area (Å²) in [5.74, 6) is -2.60. The minimum atomic E-state index is -1.08. The Kier molecular flexibility index (Phi) is 3.68. The molecule has 0 fully saturated rings. The first kappa shape index (κ1) is 16.1. The van der Waals surface area contributed by atoms with Gasteiger partial charge in [0.2, 0.25) is 5.75 Å². The molecule has 0 bridgehead atoms. The Hall–Kier alpha value is -3.76.